The molecule has 1 N–H and O–H groups in total. The summed E-state index contributed by atoms with van der Waals surface area (Å²) < 4.78 is 36.7. The lowest BCUT2D eigenvalue weighted by molar-refractivity contribution is -0.174. The fourth-order valence-corrected chi connectivity index (χ4v) is 1.16. The molecule has 2 nitrogen and oxygen atoms in total. The minimum atomic E-state index is -4.57. The van der Waals surface area contributed by atoms with Gasteiger partial charge in [0.2, 0.25) is 0 Å². The van der Waals surface area contributed by atoms with Gasteiger partial charge in [-0.25, -0.2) is 0 Å². The third-order valence-electron chi connectivity index (χ3n) is 2.02. The van der Waals surface area contributed by atoms with Crippen LogP contribution in [0.15, 0.2) is 24.3 Å². The third kappa shape index (κ3) is 2.97. The van der Waals surface area contributed by atoms with Crippen LogP contribution in [0.25, 0.3) is 0 Å². The van der Waals surface area contributed by atoms with Crippen molar-refractivity contribution in [2.24, 2.45) is 5.92 Å². The SMILES string of the molecule is O=CC(Cc1ccccc1O)C(F)(F)F. The molecular weight excluding hydrogens is 209 g/mol. The van der Waals surface area contributed by atoms with Gasteiger partial charge in [0.05, 0.1) is 0 Å². The Morgan fingerprint density at radius 3 is 2.40 bits per heavy atom. The second kappa shape index (κ2) is 4.33. The largest absolute Gasteiger partial charge is 0.508 e. The molecule has 1 aromatic carbocycles. The van der Waals surface area contributed by atoms with Gasteiger partial charge in [0.25, 0.3) is 0 Å². The predicted octanol–water partition coefficient (Wildman–Crippen LogP) is 2.31. The minimum Gasteiger partial charge on any atom is -0.508 e. The minimum absolute atomic E-state index is 0.118. The van der Waals surface area contributed by atoms with E-state index in [1.165, 1.54) is 24.3 Å². The number of halogens is 3. The molecule has 1 aromatic rings. The molecule has 0 aliphatic heterocycles. The maximum absolute atomic E-state index is 12.2. The summed E-state index contributed by atoms with van der Waals surface area (Å²) >= 11 is 0. The Hall–Kier alpha value is -1.52. The van der Waals surface area contributed by atoms with Gasteiger partial charge in [-0.1, -0.05) is 18.2 Å². The van der Waals surface area contributed by atoms with Gasteiger partial charge >= 0.3 is 6.18 Å². The zero-order valence-electron chi connectivity index (χ0n) is 7.66. The highest BCUT2D eigenvalue weighted by molar-refractivity contribution is 5.56. The molecule has 0 heterocycles. The van der Waals surface area contributed by atoms with E-state index >= 15 is 0 Å². The zero-order valence-corrected chi connectivity index (χ0v) is 7.66. The summed E-state index contributed by atoms with van der Waals surface area (Å²) in [6, 6.07) is 5.65. The van der Waals surface area contributed by atoms with Crippen LogP contribution in [0.1, 0.15) is 5.56 Å². The van der Waals surface area contributed by atoms with Crippen LogP contribution in [-0.4, -0.2) is 17.6 Å². The molecule has 0 spiro atoms. The molecule has 0 radical (unpaired) electrons. The molecule has 0 aromatic heterocycles. The topological polar surface area (TPSA) is 37.3 Å². The van der Waals surface area contributed by atoms with Crippen molar-refractivity contribution in [1.82, 2.24) is 0 Å². The highest BCUT2D eigenvalue weighted by Crippen LogP contribution is 2.29. The Bertz CT molecular complexity index is 347. The molecule has 5 heteroatoms. The van der Waals surface area contributed by atoms with E-state index in [1.807, 2.05) is 0 Å². The van der Waals surface area contributed by atoms with Gasteiger partial charge in [0.15, 0.2) is 0 Å². The Balaban J connectivity index is 2.85. The van der Waals surface area contributed by atoms with Crippen molar-refractivity contribution in [3.63, 3.8) is 0 Å². The zero-order chi connectivity index (χ0) is 11.5. The lowest BCUT2D eigenvalue weighted by Crippen LogP contribution is -2.26. The Morgan fingerprint density at radius 2 is 1.93 bits per heavy atom. The molecule has 82 valence electrons. The number of benzene rings is 1. The Kier molecular flexibility index (Phi) is 3.34. The number of phenolic OH excluding ortho intramolecular Hbond substituents is 1. The van der Waals surface area contributed by atoms with Crippen LogP contribution in [0, 0.1) is 5.92 Å². The van der Waals surface area contributed by atoms with Crippen LogP contribution in [0.5, 0.6) is 5.75 Å². The van der Waals surface area contributed by atoms with E-state index in [1.54, 1.807) is 0 Å². The van der Waals surface area contributed by atoms with Gasteiger partial charge < -0.3 is 9.90 Å². The summed E-state index contributed by atoms with van der Waals surface area (Å²) in [6.07, 6.45) is -5.24. The highest BCUT2D eigenvalue weighted by Gasteiger charge is 2.39. The molecule has 0 saturated carbocycles. The highest BCUT2D eigenvalue weighted by atomic mass is 19.4. The number of phenols is 1. The molecule has 1 rings (SSSR count). The lowest BCUT2D eigenvalue weighted by Gasteiger charge is -2.14. The van der Waals surface area contributed by atoms with Crippen molar-refractivity contribution in [3.05, 3.63) is 29.8 Å². The van der Waals surface area contributed by atoms with Crippen LogP contribution in [0.4, 0.5) is 13.2 Å². The molecule has 0 aliphatic carbocycles. The monoisotopic (exact) mass is 218 g/mol. The molecule has 0 saturated heterocycles. The summed E-state index contributed by atoms with van der Waals surface area (Å²) in [7, 11) is 0. The van der Waals surface area contributed by atoms with E-state index < -0.39 is 18.5 Å². The van der Waals surface area contributed by atoms with Crippen LogP contribution in [0.3, 0.4) is 0 Å². The third-order valence-corrected chi connectivity index (χ3v) is 2.02. The quantitative estimate of drug-likeness (QED) is 0.790. The lowest BCUT2D eigenvalue weighted by atomic mass is 9.99. The predicted molar refractivity (Wildman–Crippen MR) is 47.4 cm³/mol. The van der Waals surface area contributed by atoms with Crippen molar-refractivity contribution in [2.45, 2.75) is 12.6 Å². The number of rotatable bonds is 3. The normalized spacial score (nSPS) is 13.5. The Labute approximate surface area is 84.3 Å². The first-order valence-corrected chi connectivity index (χ1v) is 4.24. The van der Waals surface area contributed by atoms with Crippen molar-refractivity contribution < 1.29 is 23.1 Å². The van der Waals surface area contributed by atoms with Crippen molar-refractivity contribution in [3.8, 4) is 5.75 Å². The van der Waals surface area contributed by atoms with E-state index in [-0.39, 0.29) is 17.6 Å². The molecule has 0 fully saturated rings. The van der Waals surface area contributed by atoms with Crippen LogP contribution >= 0.6 is 0 Å². The molecule has 0 amide bonds. The van der Waals surface area contributed by atoms with E-state index in [9.17, 15) is 23.1 Å². The number of carbonyl (C=O) groups is 1. The first-order valence-electron chi connectivity index (χ1n) is 4.24. The molecule has 0 aliphatic rings. The second-order valence-electron chi connectivity index (χ2n) is 3.12. The van der Waals surface area contributed by atoms with Gasteiger partial charge in [-0.15, -0.1) is 0 Å². The number of carbonyl (C=O) groups excluding carboxylic acids is 1. The average Bonchev–Trinajstić information content (AvgIpc) is 2.14. The van der Waals surface area contributed by atoms with Gasteiger partial charge in [-0.05, 0) is 18.1 Å². The van der Waals surface area contributed by atoms with Crippen molar-refractivity contribution in [2.75, 3.05) is 0 Å². The molecular formula is C10H9F3O2. The average molecular weight is 218 g/mol. The standard InChI is InChI=1S/C10H9F3O2/c11-10(12,13)8(6-14)5-7-3-1-2-4-9(7)15/h1-4,6,8,15H,5H2. The summed E-state index contributed by atoms with van der Waals surface area (Å²) in [5.41, 5.74) is 0.118. The maximum atomic E-state index is 12.2. The van der Waals surface area contributed by atoms with Crippen LogP contribution < -0.4 is 0 Å². The first kappa shape index (κ1) is 11.6. The van der Waals surface area contributed by atoms with Crippen LogP contribution in [-0.2, 0) is 11.2 Å². The molecule has 15 heavy (non-hydrogen) atoms. The maximum Gasteiger partial charge on any atom is 0.398 e. The Morgan fingerprint density at radius 1 is 1.33 bits per heavy atom. The van der Waals surface area contributed by atoms with E-state index in [0.29, 0.717) is 0 Å². The van der Waals surface area contributed by atoms with Crippen molar-refractivity contribution in [1.29, 1.82) is 0 Å². The summed E-state index contributed by atoms with van der Waals surface area (Å²) in [5, 5.41) is 9.24. The van der Waals surface area contributed by atoms with E-state index in [0.717, 1.165) is 0 Å². The number of hydrogen-bond acceptors (Lipinski definition) is 2. The van der Waals surface area contributed by atoms with Gasteiger partial charge in [-0.2, -0.15) is 13.2 Å². The molecule has 0 bridgehead atoms. The number of hydrogen-bond donors (Lipinski definition) is 1. The van der Waals surface area contributed by atoms with E-state index in [2.05, 4.69) is 0 Å². The molecule has 1 atom stereocenters. The first-order chi connectivity index (χ1) is 6.95. The summed E-state index contributed by atoms with van der Waals surface area (Å²) in [4.78, 5) is 10.3. The fourth-order valence-electron chi connectivity index (χ4n) is 1.16. The van der Waals surface area contributed by atoms with Gasteiger partial charge in [-0.3, -0.25) is 0 Å². The number of aldehydes is 1. The fraction of sp³-hybridized carbons (Fsp3) is 0.300. The van der Waals surface area contributed by atoms with E-state index in [4.69, 9.17) is 0 Å². The number of alkyl halides is 3. The smallest absolute Gasteiger partial charge is 0.398 e. The van der Waals surface area contributed by atoms with Crippen LogP contribution in [0.2, 0.25) is 0 Å². The number of aromatic hydroxyl groups is 1. The molecule has 1 unspecified atom stereocenters. The number of para-hydroxylation sites is 1. The summed E-state index contributed by atoms with van der Waals surface area (Å²) in [5.74, 6) is -2.29. The summed E-state index contributed by atoms with van der Waals surface area (Å²) in [6.45, 7) is 0. The van der Waals surface area contributed by atoms with Gasteiger partial charge in [0.1, 0.15) is 18.0 Å². The second-order valence-corrected chi connectivity index (χ2v) is 3.12. The van der Waals surface area contributed by atoms with Gasteiger partial charge in [0, 0.05) is 0 Å². The van der Waals surface area contributed by atoms with Crippen molar-refractivity contribution >= 4 is 6.29 Å².